The molecular formula is C10H16N2O4. The molecular weight excluding hydrogens is 212 g/mol. The average molecular weight is 228 g/mol. The predicted molar refractivity (Wildman–Crippen MR) is 57.7 cm³/mol. The van der Waals surface area contributed by atoms with E-state index in [2.05, 4.69) is 16.6 Å². The van der Waals surface area contributed by atoms with E-state index in [1.54, 1.807) is 6.92 Å². The molecule has 16 heavy (non-hydrogen) atoms. The van der Waals surface area contributed by atoms with Gasteiger partial charge in [0.05, 0.1) is 0 Å². The molecule has 0 rings (SSSR count). The van der Waals surface area contributed by atoms with E-state index in [1.807, 2.05) is 0 Å². The van der Waals surface area contributed by atoms with Crippen molar-refractivity contribution in [3.8, 4) is 12.3 Å². The minimum Gasteiger partial charge on any atom is -0.480 e. The monoisotopic (exact) mass is 228 g/mol. The molecule has 0 fully saturated rings. The maximum Gasteiger partial charge on any atom is 0.326 e. The van der Waals surface area contributed by atoms with Crippen LogP contribution in [0.5, 0.6) is 0 Å². The van der Waals surface area contributed by atoms with Crippen molar-refractivity contribution < 1.29 is 19.8 Å². The van der Waals surface area contributed by atoms with Crippen molar-refractivity contribution in [2.75, 3.05) is 6.61 Å². The Hall–Kier alpha value is -1.74. The second-order valence-corrected chi connectivity index (χ2v) is 3.33. The minimum atomic E-state index is -1.19. The smallest absolute Gasteiger partial charge is 0.326 e. The Kier molecular flexibility index (Phi) is 6.72. The summed E-state index contributed by atoms with van der Waals surface area (Å²) in [5, 5.41) is 22.0. The number of nitrogens with one attached hydrogen (secondary N) is 2. The summed E-state index contributed by atoms with van der Waals surface area (Å²) in [5.41, 5.74) is 0. The summed E-state index contributed by atoms with van der Waals surface area (Å²) in [6.45, 7) is 1.40. The van der Waals surface area contributed by atoms with Gasteiger partial charge in [0, 0.05) is 25.5 Å². The van der Waals surface area contributed by atoms with E-state index >= 15 is 0 Å². The first kappa shape index (κ1) is 14.3. The molecule has 2 atom stereocenters. The predicted octanol–water partition coefficient (Wildman–Crippen LogP) is -0.467. The molecule has 0 saturated carbocycles. The number of hydrogen-bond acceptors (Lipinski definition) is 3. The summed E-state index contributed by atoms with van der Waals surface area (Å²) < 4.78 is 0. The van der Waals surface area contributed by atoms with E-state index in [0.717, 1.165) is 0 Å². The Bertz CT molecular complexity index is 285. The SMILES string of the molecule is C#CCC(C)NC(=O)NC(CCO)C(=O)O. The zero-order valence-corrected chi connectivity index (χ0v) is 9.06. The topological polar surface area (TPSA) is 98.7 Å². The minimum absolute atomic E-state index is 0.0354. The van der Waals surface area contributed by atoms with Crippen molar-refractivity contribution in [3.63, 3.8) is 0 Å². The van der Waals surface area contributed by atoms with Gasteiger partial charge in [-0.2, -0.15) is 0 Å². The highest BCUT2D eigenvalue weighted by molar-refractivity contribution is 5.82. The van der Waals surface area contributed by atoms with Gasteiger partial charge < -0.3 is 20.8 Å². The van der Waals surface area contributed by atoms with Gasteiger partial charge in [-0.05, 0) is 6.92 Å². The molecule has 0 spiro atoms. The fraction of sp³-hybridized carbons (Fsp3) is 0.600. The van der Waals surface area contributed by atoms with Crippen molar-refractivity contribution >= 4 is 12.0 Å². The first-order valence-electron chi connectivity index (χ1n) is 4.85. The first-order valence-corrected chi connectivity index (χ1v) is 4.85. The number of carbonyl (C=O) groups is 2. The number of rotatable bonds is 6. The van der Waals surface area contributed by atoms with Crippen LogP contribution in [0.2, 0.25) is 0 Å². The van der Waals surface area contributed by atoms with Crippen LogP contribution in [-0.2, 0) is 4.79 Å². The zero-order valence-electron chi connectivity index (χ0n) is 9.06. The van der Waals surface area contributed by atoms with E-state index in [0.29, 0.717) is 6.42 Å². The Labute approximate surface area is 94.0 Å². The molecule has 0 bridgehead atoms. The summed E-state index contributed by atoms with van der Waals surface area (Å²) in [6.07, 6.45) is 5.38. The number of aliphatic carboxylic acids is 1. The Morgan fingerprint density at radius 3 is 2.50 bits per heavy atom. The molecule has 0 aliphatic heterocycles. The van der Waals surface area contributed by atoms with Crippen molar-refractivity contribution in [1.82, 2.24) is 10.6 Å². The van der Waals surface area contributed by atoms with Crippen molar-refractivity contribution in [3.05, 3.63) is 0 Å². The summed E-state index contributed by atoms with van der Waals surface area (Å²) in [5.74, 6) is 1.19. The molecule has 0 aromatic carbocycles. The van der Waals surface area contributed by atoms with Gasteiger partial charge in [-0.3, -0.25) is 0 Å². The normalized spacial score (nSPS) is 13.3. The molecule has 0 saturated heterocycles. The number of carboxylic acids is 1. The second kappa shape index (κ2) is 7.54. The molecule has 2 unspecified atom stereocenters. The lowest BCUT2D eigenvalue weighted by Crippen LogP contribution is -2.48. The summed E-state index contributed by atoms with van der Waals surface area (Å²) >= 11 is 0. The molecule has 0 aliphatic rings. The van der Waals surface area contributed by atoms with E-state index in [1.165, 1.54) is 0 Å². The number of aliphatic hydroxyl groups excluding tert-OH is 1. The maximum absolute atomic E-state index is 11.3. The van der Waals surface area contributed by atoms with Crippen LogP contribution in [0.15, 0.2) is 0 Å². The molecule has 0 heterocycles. The Morgan fingerprint density at radius 2 is 2.06 bits per heavy atom. The fourth-order valence-electron chi connectivity index (χ4n) is 1.04. The van der Waals surface area contributed by atoms with Crippen molar-refractivity contribution in [2.24, 2.45) is 0 Å². The summed E-state index contributed by atoms with van der Waals surface area (Å²) in [4.78, 5) is 21.9. The molecule has 90 valence electrons. The lowest BCUT2D eigenvalue weighted by atomic mass is 10.2. The van der Waals surface area contributed by atoms with Gasteiger partial charge in [-0.25, -0.2) is 9.59 Å². The largest absolute Gasteiger partial charge is 0.480 e. The standard InChI is InChI=1S/C10H16N2O4/c1-3-4-7(2)11-10(16)12-8(5-6-13)9(14)15/h1,7-8,13H,4-6H2,2H3,(H,14,15)(H2,11,12,16). The molecule has 6 nitrogen and oxygen atoms in total. The van der Waals surface area contributed by atoms with E-state index in [9.17, 15) is 9.59 Å². The lowest BCUT2D eigenvalue weighted by molar-refractivity contribution is -0.139. The zero-order chi connectivity index (χ0) is 12.6. The summed E-state index contributed by atoms with van der Waals surface area (Å²) in [7, 11) is 0. The van der Waals surface area contributed by atoms with E-state index < -0.39 is 18.0 Å². The molecule has 0 aromatic heterocycles. The number of aliphatic hydroxyl groups is 1. The van der Waals surface area contributed by atoms with Gasteiger partial charge in [0.25, 0.3) is 0 Å². The molecule has 0 aromatic rings. The number of carbonyl (C=O) groups excluding carboxylic acids is 1. The number of terminal acetylenes is 1. The Balaban J connectivity index is 4.10. The molecule has 0 radical (unpaired) electrons. The third-order valence-corrected chi connectivity index (χ3v) is 1.82. The van der Waals surface area contributed by atoms with Crippen LogP contribution < -0.4 is 10.6 Å². The highest BCUT2D eigenvalue weighted by Gasteiger charge is 2.19. The van der Waals surface area contributed by atoms with Gasteiger partial charge in [0.1, 0.15) is 6.04 Å². The number of hydrogen-bond donors (Lipinski definition) is 4. The molecule has 2 amide bonds. The summed E-state index contributed by atoms with van der Waals surface area (Å²) in [6, 6.07) is -1.93. The quantitative estimate of drug-likeness (QED) is 0.462. The number of carboxylic acid groups (broad SMARTS) is 1. The van der Waals surface area contributed by atoms with Gasteiger partial charge in [-0.15, -0.1) is 12.3 Å². The van der Waals surface area contributed by atoms with E-state index in [4.69, 9.17) is 16.6 Å². The van der Waals surface area contributed by atoms with Gasteiger partial charge in [0.15, 0.2) is 0 Å². The second-order valence-electron chi connectivity index (χ2n) is 3.33. The van der Waals surface area contributed by atoms with Crippen LogP contribution >= 0.6 is 0 Å². The highest BCUT2D eigenvalue weighted by Crippen LogP contribution is 1.93. The molecule has 0 aliphatic carbocycles. The lowest BCUT2D eigenvalue weighted by Gasteiger charge is -2.16. The number of urea groups is 1. The van der Waals surface area contributed by atoms with Crippen molar-refractivity contribution in [1.29, 1.82) is 0 Å². The van der Waals surface area contributed by atoms with Crippen LogP contribution in [0.25, 0.3) is 0 Å². The van der Waals surface area contributed by atoms with Crippen LogP contribution in [0, 0.1) is 12.3 Å². The van der Waals surface area contributed by atoms with Crippen LogP contribution in [-0.4, -0.2) is 40.9 Å². The van der Waals surface area contributed by atoms with Crippen LogP contribution in [0.3, 0.4) is 0 Å². The maximum atomic E-state index is 11.3. The van der Waals surface area contributed by atoms with Crippen LogP contribution in [0.1, 0.15) is 19.8 Å². The molecule has 6 heteroatoms. The third kappa shape index (κ3) is 5.88. The highest BCUT2D eigenvalue weighted by atomic mass is 16.4. The number of amides is 2. The van der Waals surface area contributed by atoms with E-state index in [-0.39, 0.29) is 19.1 Å². The molecule has 4 N–H and O–H groups in total. The fourth-order valence-corrected chi connectivity index (χ4v) is 1.04. The average Bonchev–Trinajstić information content (AvgIpc) is 2.16. The van der Waals surface area contributed by atoms with Gasteiger partial charge in [-0.1, -0.05) is 0 Å². The third-order valence-electron chi connectivity index (χ3n) is 1.82. The van der Waals surface area contributed by atoms with Gasteiger partial charge >= 0.3 is 12.0 Å². The Morgan fingerprint density at radius 1 is 1.44 bits per heavy atom. The van der Waals surface area contributed by atoms with Crippen LogP contribution in [0.4, 0.5) is 4.79 Å². The first-order chi connectivity index (χ1) is 7.51. The van der Waals surface area contributed by atoms with Crippen molar-refractivity contribution in [2.45, 2.75) is 31.8 Å². The van der Waals surface area contributed by atoms with Gasteiger partial charge in [0.2, 0.25) is 0 Å².